The molecule has 0 aliphatic heterocycles. The molecule has 0 aliphatic rings. The molecule has 88 valence electrons. The number of nitrogens with zero attached hydrogens (tertiary/aromatic N) is 1. The van der Waals surface area contributed by atoms with E-state index in [0.29, 0.717) is 22.2 Å². The summed E-state index contributed by atoms with van der Waals surface area (Å²) >= 11 is 11.9. The van der Waals surface area contributed by atoms with Gasteiger partial charge in [-0.25, -0.2) is 4.98 Å². The molecule has 2 rings (SSSR count). The molecule has 1 unspecified atom stereocenters. The third-order valence-electron chi connectivity index (χ3n) is 2.51. The normalized spacial score (nSPS) is 12.6. The maximum Gasteiger partial charge on any atom is 0.135 e. The van der Waals surface area contributed by atoms with Gasteiger partial charge in [0.15, 0.2) is 0 Å². The fraction of sp³-hybridized carbons (Fsp3) is 0.154. The summed E-state index contributed by atoms with van der Waals surface area (Å²) in [5.74, 6) is 0. The monoisotopic (exact) mass is 267 g/mol. The average molecular weight is 268 g/mol. The zero-order chi connectivity index (χ0) is 12.4. The van der Waals surface area contributed by atoms with Crippen molar-refractivity contribution in [2.45, 2.75) is 12.5 Å². The number of halogens is 2. The molecule has 1 aromatic heterocycles. The molecule has 17 heavy (non-hydrogen) atoms. The summed E-state index contributed by atoms with van der Waals surface area (Å²) < 4.78 is 0. The molecule has 2 aromatic rings. The van der Waals surface area contributed by atoms with Gasteiger partial charge in [0, 0.05) is 16.0 Å². The average Bonchev–Trinajstić information content (AvgIpc) is 2.28. The van der Waals surface area contributed by atoms with E-state index in [4.69, 9.17) is 23.2 Å². The Labute approximate surface area is 110 Å². The predicted octanol–water partition coefficient (Wildman–Crippen LogP) is 4.15. The number of fused-ring (bicyclic) bond motifs is 1. The first-order valence-corrected chi connectivity index (χ1v) is 5.92. The fourth-order valence-corrected chi connectivity index (χ4v) is 2.09. The highest BCUT2D eigenvalue weighted by Gasteiger charge is 2.12. The van der Waals surface area contributed by atoms with Crippen LogP contribution in [-0.4, -0.2) is 10.1 Å². The number of pyridine rings is 1. The zero-order valence-corrected chi connectivity index (χ0v) is 10.5. The first-order valence-electron chi connectivity index (χ1n) is 5.16. The van der Waals surface area contributed by atoms with Crippen LogP contribution in [0.25, 0.3) is 10.9 Å². The molecule has 0 aliphatic carbocycles. The van der Waals surface area contributed by atoms with Gasteiger partial charge in [-0.1, -0.05) is 35.3 Å². The van der Waals surface area contributed by atoms with E-state index >= 15 is 0 Å². The lowest BCUT2D eigenvalue weighted by Gasteiger charge is -2.11. The quantitative estimate of drug-likeness (QED) is 0.670. The van der Waals surface area contributed by atoms with Gasteiger partial charge in [0.05, 0.1) is 11.6 Å². The molecule has 0 amide bonds. The number of aliphatic hydroxyl groups is 1. The lowest BCUT2D eigenvalue weighted by molar-refractivity contribution is 0.181. The van der Waals surface area contributed by atoms with Crippen molar-refractivity contribution in [3.05, 3.63) is 52.7 Å². The largest absolute Gasteiger partial charge is 0.388 e. The molecular formula is C13H11Cl2NO. The Balaban J connectivity index is 2.55. The van der Waals surface area contributed by atoms with Crippen LogP contribution in [0.4, 0.5) is 0 Å². The number of rotatable bonds is 3. The van der Waals surface area contributed by atoms with Gasteiger partial charge in [-0.15, -0.1) is 6.58 Å². The molecule has 0 spiro atoms. The minimum Gasteiger partial charge on any atom is -0.388 e. The van der Waals surface area contributed by atoms with Gasteiger partial charge < -0.3 is 5.11 Å². The van der Waals surface area contributed by atoms with Crippen LogP contribution in [0, 0.1) is 0 Å². The van der Waals surface area contributed by atoms with E-state index in [0.717, 1.165) is 10.9 Å². The van der Waals surface area contributed by atoms with Crippen LogP contribution in [0.1, 0.15) is 18.1 Å². The van der Waals surface area contributed by atoms with Crippen LogP contribution in [-0.2, 0) is 0 Å². The van der Waals surface area contributed by atoms with E-state index in [9.17, 15) is 5.11 Å². The van der Waals surface area contributed by atoms with Crippen LogP contribution in [0.5, 0.6) is 0 Å². The van der Waals surface area contributed by atoms with Crippen LogP contribution < -0.4 is 0 Å². The van der Waals surface area contributed by atoms with Crippen molar-refractivity contribution in [1.29, 1.82) is 0 Å². The van der Waals surface area contributed by atoms with E-state index in [-0.39, 0.29) is 0 Å². The van der Waals surface area contributed by atoms with Crippen molar-refractivity contribution in [3.8, 4) is 0 Å². The van der Waals surface area contributed by atoms with Crippen molar-refractivity contribution >= 4 is 34.1 Å². The second kappa shape index (κ2) is 5.05. The Morgan fingerprint density at radius 2 is 2.12 bits per heavy atom. The molecule has 2 nitrogen and oxygen atoms in total. The summed E-state index contributed by atoms with van der Waals surface area (Å²) in [6.45, 7) is 3.59. The van der Waals surface area contributed by atoms with Crippen molar-refractivity contribution < 1.29 is 5.11 Å². The minimum atomic E-state index is -0.674. The number of benzene rings is 1. The molecule has 1 atom stereocenters. The van der Waals surface area contributed by atoms with Gasteiger partial charge >= 0.3 is 0 Å². The van der Waals surface area contributed by atoms with Gasteiger partial charge in [-0.05, 0) is 24.6 Å². The van der Waals surface area contributed by atoms with E-state index in [1.807, 2.05) is 12.1 Å². The summed E-state index contributed by atoms with van der Waals surface area (Å²) in [6.07, 6.45) is 1.42. The number of aromatic nitrogens is 1. The fourth-order valence-electron chi connectivity index (χ4n) is 1.65. The van der Waals surface area contributed by atoms with Gasteiger partial charge in [0.1, 0.15) is 5.15 Å². The van der Waals surface area contributed by atoms with Crippen molar-refractivity contribution in [1.82, 2.24) is 4.98 Å². The Kier molecular flexibility index (Phi) is 3.67. The predicted molar refractivity (Wildman–Crippen MR) is 71.5 cm³/mol. The maximum atomic E-state index is 9.89. The molecule has 1 aromatic carbocycles. The highest BCUT2D eigenvalue weighted by atomic mass is 35.5. The van der Waals surface area contributed by atoms with Crippen LogP contribution in [0.15, 0.2) is 36.9 Å². The zero-order valence-electron chi connectivity index (χ0n) is 9.03. The SMILES string of the molecule is C=CCC(O)c1cc2ccc(Cl)cc2nc1Cl. The molecule has 4 heteroatoms. The van der Waals surface area contributed by atoms with E-state index in [1.54, 1.807) is 18.2 Å². The third-order valence-corrected chi connectivity index (χ3v) is 3.05. The molecular weight excluding hydrogens is 257 g/mol. The van der Waals surface area contributed by atoms with Gasteiger partial charge in [0.2, 0.25) is 0 Å². The van der Waals surface area contributed by atoms with Crippen LogP contribution in [0.3, 0.4) is 0 Å². The Hall–Kier alpha value is -1.09. The van der Waals surface area contributed by atoms with Crippen molar-refractivity contribution in [2.24, 2.45) is 0 Å². The third kappa shape index (κ3) is 2.60. The molecule has 0 saturated carbocycles. The van der Waals surface area contributed by atoms with E-state index in [2.05, 4.69) is 11.6 Å². The Morgan fingerprint density at radius 1 is 1.35 bits per heavy atom. The van der Waals surface area contributed by atoms with Gasteiger partial charge in [-0.3, -0.25) is 0 Å². The molecule has 1 N–H and O–H groups in total. The molecule has 0 saturated heterocycles. The second-order valence-electron chi connectivity index (χ2n) is 3.75. The minimum absolute atomic E-state index is 0.300. The highest BCUT2D eigenvalue weighted by Crippen LogP contribution is 2.28. The first kappa shape index (κ1) is 12.4. The Bertz CT molecular complexity index is 569. The summed E-state index contributed by atoms with van der Waals surface area (Å²) in [7, 11) is 0. The lowest BCUT2D eigenvalue weighted by Crippen LogP contribution is -1.98. The summed E-state index contributed by atoms with van der Waals surface area (Å²) in [6, 6.07) is 7.20. The standard InChI is InChI=1S/C13H11Cl2NO/c1-2-3-12(17)10-6-8-4-5-9(14)7-11(8)16-13(10)15/h2,4-7,12,17H,1,3H2. The van der Waals surface area contributed by atoms with Crippen LogP contribution >= 0.6 is 23.2 Å². The number of aliphatic hydroxyl groups excluding tert-OH is 1. The van der Waals surface area contributed by atoms with E-state index in [1.165, 1.54) is 0 Å². The maximum absolute atomic E-state index is 9.89. The lowest BCUT2D eigenvalue weighted by atomic mass is 10.1. The van der Waals surface area contributed by atoms with Gasteiger partial charge in [-0.2, -0.15) is 0 Å². The van der Waals surface area contributed by atoms with Crippen molar-refractivity contribution in [2.75, 3.05) is 0 Å². The molecule has 1 heterocycles. The topological polar surface area (TPSA) is 33.1 Å². The van der Waals surface area contributed by atoms with Crippen LogP contribution in [0.2, 0.25) is 10.2 Å². The van der Waals surface area contributed by atoms with E-state index < -0.39 is 6.10 Å². The highest BCUT2D eigenvalue weighted by molar-refractivity contribution is 6.32. The second-order valence-corrected chi connectivity index (χ2v) is 4.54. The van der Waals surface area contributed by atoms with Crippen molar-refractivity contribution in [3.63, 3.8) is 0 Å². The molecule has 0 fully saturated rings. The molecule has 0 radical (unpaired) electrons. The summed E-state index contributed by atoms with van der Waals surface area (Å²) in [5, 5.41) is 11.7. The smallest absolute Gasteiger partial charge is 0.135 e. The first-order chi connectivity index (χ1) is 8.11. The van der Waals surface area contributed by atoms with Gasteiger partial charge in [0.25, 0.3) is 0 Å². The number of hydrogen-bond donors (Lipinski definition) is 1. The Morgan fingerprint density at radius 3 is 2.82 bits per heavy atom. The summed E-state index contributed by atoms with van der Waals surface area (Å²) in [4.78, 5) is 4.23. The number of hydrogen-bond acceptors (Lipinski definition) is 2. The molecule has 0 bridgehead atoms. The summed E-state index contributed by atoms with van der Waals surface area (Å²) in [5.41, 5.74) is 1.33.